The van der Waals surface area contributed by atoms with Gasteiger partial charge in [0.25, 0.3) is 0 Å². The van der Waals surface area contributed by atoms with Gasteiger partial charge in [-0.15, -0.1) is 0 Å². The summed E-state index contributed by atoms with van der Waals surface area (Å²) in [5, 5.41) is 0. The summed E-state index contributed by atoms with van der Waals surface area (Å²) in [5.74, 6) is 1.25. The van der Waals surface area contributed by atoms with Gasteiger partial charge >= 0.3 is 0 Å². The van der Waals surface area contributed by atoms with E-state index in [2.05, 4.69) is 212 Å². The van der Waals surface area contributed by atoms with Crippen molar-refractivity contribution >= 4 is 45.4 Å². The monoisotopic (exact) mass is 882 g/mol. The molecule has 2 aliphatic rings. The van der Waals surface area contributed by atoms with E-state index in [1.807, 2.05) is 55.5 Å². The van der Waals surface area contributed by atoms with Gasteiger partial charge in [0.05, 0.1) is 0 Å². The van der Waals surface area contributed by atoms with Crippen LogP contribution in [0, 0.1) is 0 Å². The van der Waals surface area contributed by atoms with Crippen LogP contribution in [0.3, 0.4) is 0 Å². The molecule has 0 spiro atoms. The molecule has 6 nitrogen and oxygen atoms in total. The summed E-state index contributed by atoms with van der Waals surface area (Å²) in [4.78, 5) is 14.3. The first-order valence-corrected chi connectivity index (χ1v) is 23.0. The maximum absolute atomic E-state index is 6.34. The number of hydrogen-bond donors (Lipinski definition) is 0. The second-order valence-electron chi connectivity index (χ2n) is 16.5. The number of nitrogens with zero attached hydrogens (tertiary/aromatic N) is 4. The average molecular weight is 883 g/mol. The van der Waals surface area contributed by atoms with Crippen molar-refractivity contribution in [3.8, 4) is 33.7 Å². The molecule has 0 saturated carbocycles. The molecule has 2 unspecified atom stereocenters. The summed E-state index contributed by atoms with van der Waals surface area (Å²) in [6.45, 7) is 7.92. The minimum atomic E-state index is -0.105. The molecule has 1 aromatic heterocycles. The number of oxazole rings is 1. The fourth-order valence-electron chi connectivity index (χ4n) is 8.66. The Balaban J connectivity index is 0.871. The van der Waals surface area contributed by atoms with Gasteiger partial charge in [0, 0.05) is 45.8 Å². The van der Waals surface area contributed by atoms with Crippen LogP contribution in [0.1, 0.15) is 19.4 Å². The molecule has 330 valence electrons. The van der Waals surface area contributed by atoms with E-state index in [1.165, 1.54) is 5.57 Å². The molecule has 10 rings (SSSR count). The Morgan fingerprint density at radius 1 is 0.588 bits per heavy atom. The number of hydrogen-bond acceptors (Lipinski definition) is 6. The molecule has 0 N–H and O–H groups in total. The highest BCUT2D eigenvalue weighted by molar-refractivity contribution is 5.96. The molecule has 1 aliphatic carbocycles. The normalized spacial score (nSPS) is 15.7. The van der Waals surface area contributed by atoms with Crippen LogP contribution >= 0.6 is 0 Å². The standard InChI is InChI=1S/C62H50N4O2/c1-4-7-8-15-41-65(53-33-25-48(26-34-53)61-63-57-42-50(29-39-59(57)67-61)44(6-3)16-5-2)52-31-21-46(22-32-52)47-23-35-55(36-24-47)66(54-19-13-10-14-20-54)56-37-27-49(28-38-56)62-64-58-43-51(30-40-60(58)68-62)45-17-11-9-12-18-45/h4-43,57,59H,1H2,2-3H3/b8-7-,16-5-,41-15+,44-6+. The van der Waals surface area contributed by atoms with E-state index in [4.69, 9.17) is 19.1 Å². The van der Waals surface area contributed by atoms with E-state index < -0.39 is 0 Å². The molecular formula is C62H50N4O2. The van der Waals surface area contributed by atoms with Crippen molar-refractivity contribution in [2.75, 3.05) is 9.80 Å². The lowest BCUT2D eigenvalue weighted by atomic mass is 9.95. The molecule has 8 aromatic rings. The molecule has 1 aliphatic heterocycles. The van der Waals surface area contributed by atoms with Gasteiger partial charge in [0.15, 0.2) is 5.58 Å². The number of para-hydroxylation sites is 1. The van der Waals surface area contributed by atoms with E-state index in [0.29, 0.717) is 11.8 Å². The molecule has 0 saturated heterocycles. The number of allylic oxidation sites excluding steroid dienone is 10. The molecule has 2 atom stereocenters. The largest absolute Gasteiger partial charge is 0.467 e. The number of fused-ring (bicyclic) bond motifs is 2. The topological polar surface area (TPSA) is 54.1 Å². The molecule has 2 heterocycles. The minimum absolute atomic E-state index is 0.0559. The van der Waals surface area contributed by atoms with Crippen LogP contribution < -0.4 is 9.80 Å². The zero-order chi connectivity index (χ0) is 46.2. The Bertz CT molecular complexity index is 3260. The Morgan fingerprint density at radius 3 is 1.79 bits per heavy atom. The Labute approximate surface area is 398 Å². The SMILES string of the molecule is C=C/C=C\C=C\N(c1ccc(C2=NC3C=C(C(/C=C\C)=C/C)C=CC3O2)cc1)c1ccc(-c2ccc(N(c3ccccc3)c3ccc(-c4nc5cc(-c6ccccc6)ccc5o4)cc3)cc2)cc1. The summed E-state index contributed by atoms with van der Waals surface area (Å²) in [5.41, 5.74) is 15.5. The van der Waals surface area contributed by atoms with Crippen LogP contribution in [0.25, 0.3) is 44.8 Å². The zero-order valence-corrected chi connectivity index (χ0v) is 38.1. The fraction of sp³-hybridized carbons (Fsp3) is 0.0645. The van der Waals surface area contributed by atoms with Gasteiger partial charge in [0.1, 0.15) is 17.7 Å². The van der Waals surface area contributed by atoms with Crippen LogP contribution in [0.2, 0.25) is 0 Å². The molecule has 0 bridgehead atoms. The van der Waals surface area contributed by atoms with Gasteiger partial charge in [-0.2, -0.15) is 0 Å². The lowest BCUT2D eigenvalue weighted by Gasteiger charge is -2.26. The van der Waals surface area contributed by atoms with Crippen molar-refractivity contribution in [2.24, 2.45) is 4.99 Å². The van der Waals surface area contributed by atoms with Crippen molar-refractivity contribution in [3.05, 3.63) is 266 Å². The molecule has 68 heavy (non-hydrogen) atoms. The van der Waals surface area contributed by atoms with E-state index in [9.17, 15) is 0 Å². The van der Waals surface area contributed by atoms with Crippen molar-refractivity contribution in [1.29, 1.82) is 0 Å². The summed E-state index contributed by atoms with van der Waals surface area (Å²) in [7, 11) is 0. The number of aromatic nitrogens is 1. The molecule has 0 fully saturated rings. The van der Waals surface area contributed by atoms with Crippen molar-refractivity contribution < 1.29 is 9.15 Å². The molecule has 0 amide bonds. The Hall–Kier alpha value is -8.74. The van der Waals surface area contributed by atoms with Crippen LogP contribution in [0.15, 0.2) is 270 Å². The van der Waals surface area contributed by atoms with Gasteiger partial charge in [0.2, 0.25) is 11.8 Å². The zero-order valence-electron chi connectivity index (χ0n) is 38.1. The quantitative estimate of drug-likeness (QED) is 0.102. The van der Waals surface area contributed by atoms with Crippen LogP contribution in [0.4, 0.5) is 28.4 Å². The van der Waals surface area contributed by atoms with Crippen molar-refractivity contribution in [1.82, 2.24) is 4.98 Å². The second-order valence-corrected chi connectivity index (χ2v) is 16.5. The summed E-state index contributed by atoms with van der Waals surface area (Å²) >= 11 is 0. The molecule has 6 heteroatoms. The highest BCUT2D eigenvalue weighted by Crippen LogP contribution is 2.38. The molecule has 7 aromatic carbocycles. The van der Waals surface area contributed by atoms with Gasteiger partial charge < -0.3 is 19.0 Å². The van der Waals surface area contributed by atoms with Crippen LogP contribution in [-0.2, 0) is 4.74 Å². The fourth-order valence-corrected chi connectivity index (χ4v) is 8.66. The highest BCUT2D eigenvalue weighted by atomic mass is 16.5. The summed E-state index contributed by atoms with van der Waals surface area (Å²) in [6, 6.07) is 61.1. The van der Waals surface area contributed by atoms with E-state index in [0.717, 1.165) is 78.5 Å². The van der Waals surface area contributed by atoms with Crippen molar-refractivity contribution in [3.63, 3.8) is 0 Å². The number of anilines is 5. The van der Waals surface area contributed by atoms with Gasteiger partial charge in [-0.1, -0.05) is 128 Å². The Kier molecular flexibility index (Phi) is 12.6. The van der Waals surface area contributed by atoms with E-state index in [-0.39, 0.29) is 12.1 Å². The number of benzene rings is 7. The third-order valence-corrected chi connectivity index (χ3v) is 12.1. The van der Waals surface area contributed by atoms with Crippen LogP contribution in [0.5, 0.6) is 0 Å². The number of rotatable bonds is 14. The molecular weight excluding hydrogens is 833 g/mol. The summed E-state index contributed by atoms with van der Waals surface area (Å²) < 4.78 is 12.6. The maximum atomic E-state index is 6.34. The lowest BCUT2D eigenvalue weighted by molar-refractivity contribution is 0.254. The van der Waals surface area contributed by atoms with Crippen molar-refractivity contribution in [2.45, 2.75) is 26.0 Å². The van der Waals surface area contributed by atoms with E-state index in [1.54, 1.807) is 6.08 Å². The second kappa shape index (κ2) is 19.8. The third kappa shape index (κ3) is 9.21. The summed E-state index contributed by atoms with van der Waals surface area (Å²) in [6.07, 6.45) is 22.4. The van der Waals surface area contributed by atoms with E-state index >= 15 is 0 Å². The lowest BCUT2D eigenvalue weighted by Crippen LogP contribution is -2.21. The highest BCUT2D eigenvalue weighted by Gasteiger charge is 2.31. The predicted molar refractivity (Wildman–Crippen MR) is 283 cm³/mol. The molecule has 0 radical (unpaired) electrons. The first-order chi connectivity index (χ1) is 33.5. The Morgan fingerprint density at radius 2 is 1.16 bits per heavy atom. The third-order valence-electron chi connectivity index (χ3n) is 12.1. The van der Waals surface area contributed by atoms with Gasteiger partial charge in [-0.3, -0.25) is 0 Å². The minimum Gasteiger partial charge on any atom is -0.467 e. The maximum Gasteiger partial charge on any atom is 0.227 e. The smallest absolute Gasteiger partial charge is 0.227 e. The first kappa shape index (κ1) is 43.2. The average Bonchev–Trinajstić information content (AvgIpc) is 4.04. The van der Waals surface area contributed by atoms with Gasteiger partial charge in [-0.25, -0.2) is 9.98 Å². The number of aliphatic imine (C=N–C) groups is 1. The first-order valence-electron chi connectivity index (χ1n) is 23.0. The van der Waals surface area contributed by atoms with Gasteiger partial charge in [-0.05, 0) is 163 Å². The predicted octanol–water partition coefficient (Wildman–Crippen LogP) is 16.2. The number of ether oxygens (including phenoxy) is 1. The van der Waals surface area contributed by atoms with Crippen LogP contribution in [-0.4, -0.2) is 23.0 Å².